The summed E-state index contributed by atoms with van der Waals surface area (Å²) in [5, 5.41) is 0. The topological polar surface area (TPSA) is 49.6 Å². The fraction of sp³-hybridized carbons (Fsp3) is 0.318. The standard InChI is InChI=1S/C22H25F2N3O/c1-26(2)21(28)27-15-16(19-13-18(23)9-10-20(19)24)14-22(27,11-6-12-25)17-7-4-3-5-8-17/h3-5,7-10,13-14H,6,11-12,15,25H2,1-2H3/t22-/m0/s1. The third kappa shape index (κ3) is 3.64. The first kappa shape index (κ1) is 20.0. The van der Waals surface area contributed by atoms with Crippen molar-refractivity contribution in [1.29, 1.82) is 0 Å². The zero-order valence-electron chi connectivity index (χ0n) is 16.2. The minimum atomic E-state index is -0.768. The first-order valence-electron chi connectivity index (χ1n) is 9.30. The molecular weight excluding hydrogens is 360 g/mol. The van der Waals surface area contributed by atoms with Gasteiger partial charge in [0, 0.05) is 26.2 Å². The lowest BCUT2D eigenvalue weighted by molar-refractivity contribution is 0.130. The molecule has 2 amide bonds. The second kappa shape index (κ2) is 8.10. The van der Waals surface area contributed by atoms with Gasteiger partial charge in [-0.15, -0.1) is 0 Å². The summed E-state index contributed by atoms with van der Waals surface area (Å²) < 4.78 is 28.3. The van der Waals surface area contributed by atoms with Crippen molar-refractivity contribution in [1.82, 2.24) is 9.80 Å². The Hall–Kier alpha value is -2.73. The van der Waals surface area contributed by atoms with E-state index in [4.69, 9.17) is 5.73 Å². The largest absolute Gasteiger partial charge is 0.331 e. The number of hydrogen-bond acceptors (Lipinski definition) is 2. The first-order valence-corrected chi connectivity index (χ1v) is 9.30. The Morgan fingerprint density at radius 3 is 2.54 bits per heavy atom. The summed E-state index contributed by atoms with van der Waals surface area (Å²) in [6.07, 6.45) is 3.17. The van der Waals surface area contributed by atoms with Gasteiger partial charge in [-0.05, 0) is 54.8 Å². The summed E-state index contributed by atoms with van der Waals surface area (Å²) in [6.45, 7) is 0.660. The van der Waals surface area contributed by atoms with Crippen LogP contribution >= 0.6 is 0 Å². The maximum absolute atomic E-state index is 14.5. The van der Waals surface area contributed by atoms with E-state index in [0.29, 0.717) is 25.0 Å². The van der Waals surface area contributed by atoms with Gasteiger partial charge in [0.1, 0.15) is 11.6 Å². The Kier molecular flexibility index (Phi) is 5.79. The molecule has 1 atom stereocenters. The molecule has 0 bridgehead atoms. The Morgan fingerprint density at radius 1 is 1.18 bits per heavy atom. The van der Waals surface area contributed by atoms with Gasteiger partial charge < -0.3 is 15.5 Å². The Labute approximate surface area is 164 Å². The highest BCUT2D eigenvalue weighted by atomic mass is 19.1. The highest BCUT2D eigenvalue weighted by molar-refractivity contribution is 5.83. The van der Waals surface area contributed by atoms with E-state index in [-0.39, 0.29) is 18.1 Å². The molecular formula is C22H25F2N3O. The molecule has 0 spiro atoms. The van der Waals surface area contributed by atoms with Gasteiger partial charge >= 0.3 is 6.03 Å². The van der Waals surface area contributed by atoms with Gasteiger partial charge in [-0.2, -0.15) is 0 Å². The summed E-state index contributed by atoms with van der Waals surface area (Å²) in [7, 11) is 3.36. The molecule has 3 rings (SSSR count). The van der Waals surface area contributed by atoms with Crippen LogP contribution in [0.3, 0.4) is 0 Å². The minimum absolute atomic E-state index is 0.183. The van der Waals surface area contributed by atoms with Crippen LogP contribution < -0.4 is 5.73 Å². The first-order chi connectivity index (χ1) is 13.4. The number of carbonyl (C=O) groups is 1. The zero-order valence-corrected chi connectivity index (χ0v) is 16.2. The zero-order chi connectivity index (χ0) is 20.3. The molecule has 4 nitrogen and oxygen atoms in total. The molecule has 0 radical (unpaired) electrons. The molecule has 0 saturated heterocycles. The highest BCUT2D eigenvalue weighted by Crippen LogP contribution is 2.44. The normalized spacial score (nSPS) is 18.9. The molecule has 0 aromatic heterocycles. The Balaban J connectivity index is 2.18. The molecule has 1 aliphatic heterocycles. The van der Waals surface area contributed by atoms with E-state index in [2.05, 4.69) is 0 Å². The molecule has 0 unspecified atom stereocenters. The van der Waals surface area contributed by atoms with E-state index in [1.54, 1.807) is 19.0 Å². The molecule has 0 saturated carbocycles. The summed E-state index contributed by atoms with van der Waals surface area (Å²) in [6, 6.07) is 12.8. The van der Waals surface area contributed by atoms with Crippen LogP contribution in [-0.2, 0) is 5.54 Å². The van der Waals surface area contributed by atoms with Crippen molar-refractivity contribution in [3.05, 3.63) is 77.4 Å². The van der Waals surface area contributed by atoms with Crippen molar-refractivity contribution >= 4 is 11.6 Å². The Bertz CT molecular complexity index is 883. The van der Waals surface area contributed by atoms with Gasteiger partial charge in [0.05, 0.1) is 5.54 Å². The van der Waals surface area contributed by atoms with E-state index in [1.807, 2.05) is 36.4 Å². The van der Waals surface area contributed by atoms with Gasteiger partial charge in [0.2, 0.25) is 0 Å². The van der Waals surface area contributed by atoms with E-state index in [1.165, 1.54) is 11.0 Å². The molecule has 6 heteroatoms. The molecule has 2 aromatic carbocycles. The van der Waals surface area contributed by atoms with Crippen LogP contribution in [0.1, 0.15) is 24.0 Å². The minimum Gasteiger partial charge on any atom is -0.331 e. The molecule has 0 aliphatic carbocycles. The molecule has 28 heavy (non-hydrogen) atoms. The van der Waals surface area contributed by atoms with Crippen LogP contribution in [0.25, 0.3) is 5.57 Å². The van der Waals surface area contributed by atoms with Crippen molar-refractivity contribution in [3.63, 3.8) is 0 Å². The third-order valence-corrected chi connectivity index (χ3v) is 5.15. The number of nitrogens with two attached hydrogens (primary N) is 1. The lowest BCUT2D eigenvalue weighted by atomic mass is 9.84. The second-order valence-electron chi connectivity index (χ2n) is 7.24. The SMILES string of the molecule is CN(C)C(=O)N1CC(c2cc(F)ccc2F)=C[C@@]1(CCCN)c1ccccc1. The third-order valence-electron chi connectivity index (χ3n) is 5.15. The van der Waals surface area contributed by atoms with Gasteiger partial charge in [0.25, 0.3) is 0 Å². The van der Waals surface area contributed by atoms with Crippen molar-refractivity contribution in [2.45, 2.75) is 18.4 Å². The maximum Gasteiger partial charge on any atom is 0.320 e. The lowest BCUT2D eigenvalue weighted by Gasteiger charge is -2.40. The fourth-order valence-electron chi connectivity index (χ4n) is 3.80. The number of benzene rings is 2. The number of hydrogen-bond donors (Lipinski definition) is 1. The molecule has 0 fully saturated rings. The number of amides is 2. The number of rotatable bonds is 5. The summed E-state index contributed by atoms with van der Waals surface area (Å²) in [5.74, 6) is -1.02. The highest BCUT2D eigenvalue weighted by Gasteiger charge is 2.45. The quantitative estimate of drug-likeness (QED) is 0.846. The molecule has 2 N–H and O–H groups in total. The van der Waals surface area contributed by atoms with Crippen molar-refractivity contribution in [2.75, 3.05) is 27.2 Å². The summed E-state index contributed by atoms with van der Waals surface area (Å²) in [4.78, 5) is 16.3. The maximum atomic E-state index is 14.5. The predicted octanol–water partition coefficient (Wildman–Crippen LogP) is 3.98. The Morgan fingerprint density at radius 2 is 1.89 bits per heavy atom. The lowest BCUT2D eigenvalue weighted by Crippen LogP contribution is -2.49. The van der Waals surface area contributed by atoms with Gasteiger partial charge in [0.15, 0.2) is 0 Å². The number of carbonyl (C=O) groups excluding carboxylic acids is 1. The van der Waals surface area contributed by atoms with Crippen molar-refractivity contribution in [2.24, 2.45) is 5.73 Å². The average molecular weight is 385 g/mol. The van der Waals surface area contributed by atoms with E-state index in [0.717, 1.165) is 17.7 Å². The smallest absolute Gasteiger partial charge is 0.320 e. The van der Waals surface area contributed by atoms with E-state index >= 15 is 0 Å². The van der Waals surface area contributed by atoms with Gasteiger partial charge in [-0.3, -0.25) is 0 Å². The van der Waals surface area contributed by atoms with Crippen LogP contribution in [0.15, 0.2) is 54.6 Å². The predicted molar refractivity (Wildman–Crippen MR) is 107 cm³/mol. The van der Waals surface area contributed by atoms with E-state index < -0.39 is 17.2 Å². The van der Waals surface area contributed by atoms with Crippen LogP contribution in [-0.4, -0.2) is 43.0 Å². The second-order valence-corrected chi connectivity index (χ2v) is 7.24. The van der Waals surface area contributed by atoms with E-state index in [9.17, 15) is 13.6 Å². The van der Waals surface area contributed by atoms with Crippen LogP contribution in [0.5, 0.6) is 0 Å². The number of urea groups is 1. The fourth-order valence-corrected chi connectivity index (χ4v) is 3.80. The summed E-state index contributed by atoms with van der Waals surface area (Å²) in [5.41, 5.74) is 6.70. The average Bonchev–Trinajstić information content (AvgIpc) is 3.08. The van der Waals surface area contributed by atoms with Crippen molar-refractivity contribution in [3.8, 4) is 0 Å². The monoisotopic (exact) mass is 385 g/mol. The molecule has 1 heterocycles. The number of nitrogens with zero attached hydrogens (tertiary/aromatic N) is 2. The molecule has 148 valence electrons. The van der Waals surface area contributed by atoms with Crippen LogP contribution in [0, 0.1) is 11.6 Å². The summed E-state index contributed by atoms with van der Waals surface area (Å²) >= 11 is 0. The van der Waals surface area contributed by atoms with Crippen LogP contribution in [0.2, 0.25) is 0 Å². The van der Waals surface area contributed by atoms with Crippen LogP contribution in [0.4, 0.5) is 13.6 Å². The number of halogens is 2. The molecule has 1 aliphatic rings. The molecule has 2 aromatic rings. The van der Waals surface area contributed by atoms with Gasteiger partial charge in [-0.25, -0.2) is 13.6 Å². The van der Waals surface area contributed by atoms with Crippen molar-refractivity contribution < 1.29 is 13.6 Å². The van der Waals surface area contributed by atoms with Gasteiger partial charge in [-0.1, -0.05) is 30.3 Å².